The van der Waals surface area contributed by atoms with Crippen molar-refractivity contribution in [2.45, 2.75) is 33.1 Å². The Balaban J connectivity index is 1.26. The van der Waals surface area contributed by atoms with Crippen LogP contribution in [0.5, 0.6) is 0 Å². The van der Waals surface area contributed by atoms with Gasteiger partial charge in [0.05, 0.1) is 37.5 Å². The maximum atomic E-state index is 4.20. The summed E-state index contributed by atoms with van der Waals surface area (Å²) in [7, 11) is 0. The number of thiophene rings is 2. The van der Waals surface area contributed by atoms with E-state index in [0.29, 0.717) is 0 Å². The predicted molar refractivity (Wildman–Crippen MR) is 243 cm³/mol. The van der Waals surface area contributed by atoms with Crippen molar-refractivity contribution < 1.29 is 0 Å². The summed E-state index contributed by atoms with van der Waals surface area (Å²) in [5.74, 6) is 0. The molecule has 0 amide bonds. The van der Waals surface area contributed by atoms with E-state index in [-0.39, 0.29) is 5.41 Å². The van der Waals surface area contributed by atoms with Crippen molar-refractivity contribution in [3.05, 3.63) is 174 Å². The third-order valence-corrected chi connectivity index (χ3v) is 13.5. The normalized spacial score (nSPS) is 12.1. The Morgan fingerprint density at radius 2 is 1.18 bits per heavy atom. The van der Waals surface area contributed by atoms with Gasteiger partial charge in [0.2, 0.25) is 0 Å². The van der Waals surface area contributed by atoms with E-state index in [1.54, 1.807) is 0 Å². The number of anilines is 3. The number of rotatable bonds is 6. The van der Waals surface area contributed by atoms with E-state index in [0.717, 1.165) is 5.69 Å². The average Bonchev–Trinajstić information content (AvgIpc) is 3.86. The molecule has 0 fully saturated rings. The van der Waals surface area contributed by atoms with Crippen molar-refractivity contribution in [3.63, 3.8) is 0 Å². The molecule has 266 valence electrons. The van der Waals surface area contributed by atoms with Crippen molar-refractivity contribution >= 4 is 97.9 Å². The van der Waals surface area contributed by atoms with Crippen LogP contribution in [0, 0.1) is 6.92 Å². The highest BCUT2D eigenvalue weighted by Crippen LogP contribution is 2.50. The Bertz CT molecular complexity index is 3110. The summed E-state index contributed by atoms with van der Waals surface area (Å²) < 4.78 is 6.26. The molecular weight excluding hydrogens is 705 g/mol. The molecule has 0 aliphatic heterocycles. The van der Waals surface area contributed by atoms with Gasteiger partial charge in [-0.3, -0.25) is 0 Å². The number of para-hydroxylation sites is 2. The zero-order chi connectivity index (χ0) is 37.4. The molecule has 0 atom stereocenters. The smallest absolute Gasteiger partial charge is 0.0641 e. The average molecular weight is 745 g/mol. The van der Waals surface area contributed by atoms with Crippen LogP contribution in [0.15, 0.2) is 158 Å². The zero-order valence-corrected chi connectivity index (χ0v) is 33.1. The molecule has 0 N–H and O–H groups in total. The van der Waals surface area contributed by atoms with Crippen LogP contribution in [0.2, 0.25) is 0 Å². The molecule has 0 aliphatic rings. The van der Waals surface area contributed by atoms with Gasteiger partial charge in [0.15, 0.2) is 0 Å². The van der Waals surface area contributed by atoms with Gasteiger partial charge in [-0.1, -0.05) is 124 Å². The standard InChI is InChI=1S/C51H40N2S2/c1-6-36-32(2)54-49-39(36)20-14-23-46(49)53(47-24-15-21-40-38-19-11-13-25-48(38)55-50(40)47)43-22-12-10-18-37(43)33-26-28-44-41(30-33)42-31-34(51(3,4)5)27-29-45(42)52(44)35-16-8-7-9-17-35/h6-31H,1H2,2-5H3. The Morgan fingerprint density at radius 3 is 1.95 bits per heavy atom. The molecule has 3 aromatic heterocycles. The van der Waals surface area contributed by atoms with Crippen LogP contribution in [0.1, 0.15) is 36.8 Å². The van der Waals surface area contributed by atoms with Crippen molar-refractivity contribution in [1.29, 1.82) is 0 Å². The maximum absolute atomic E-state index is 4.20. The van der Waals surface area contributed by atoms with Gasteiger partial charge in [-0.05, 0) is 89.7 Å². The Kier molecular flexibility index (Phi) is 7.85. The number of aryl methyl sites for hydroxylation is 1. The van der Waals surface area contributed by atoms with E-state index in [4.69, 9.17) is 0 Å². The molecule has 2 nitrogen and oxygen atoms in total. The number of fused-ring (bicyclic) bond motifs is 7. The lowest BCUT2D eigenvalue weighted by molar-refractivity contribution is 0.591. The predicted octanol–water partition coefficient (Wildman–Crippen LogP) is 15.8. The fourth-order valence-electron chi connectivity index (χ4n) is 8.39. The van der Waals surface area contributed by atoms with Crippen LogP contribution in [0.4, 0.5) is 17.1 Å². The van der Waals surface area contributed by atoms with E-state index in [1.807, 2.05) is 28.7 Å². The molecule has 7 aromatic carbocycles. The summed E-state index contributed by atoms with van der Waals surface area (Å²) in [6.07, 6.45) is 2.01. The fraction of sp³-hybridized carbons (Fsp3) is 0.0980. The van der Waals surface area contributed by atoms with Crippen LogP contribution in [0.25, 0.3) is 75.0 Å². The summed E-state index contributed by atoms with van der Waals surface area (Å²) >= 11 is 3.73. The second-order valence-electron chi connectivity index (χ2n) is 15.4. The van der Waals surface area contributed by atoms with E-state index in [9.17, 15) is 0 Å². The lowest BCUT2D eigenvalue weighted by atomic mass is 9.86. The number of hydrogen-bond donors (Lipinski definition) is 0. The highest BCUT2D eigenvalue weighted by molar-refractivity contribution is 7.26. The third kappa shape index (κ3) is 5.35. The Hall–Kier alpha value is -5.94. The summed E-state index contributed by atoms with van der Waals surface area (Å²) in [4.78, 5) is 3.80. The molecule has 0 spiro atoms. The molecule has 0 radical (unpaired) electrons. The van der Waals surface area contributed by atoms with E-state index in [1.165, 1.54) is 96.3 Å². The molecule has 3 heterocycles. The molecular formula is C51H40N2S2. The molecule has 4 heteroatoms. The molecule has 0 saturated heterocycles. The van der Waals surface area contributed by atoms with E-state index < -0.39 is 0 Å². The largest absolute Gasteiger partial charge is 0.309 e. The number of hydrogen-bond acceptors (Lipinski definition) is 3. The monoisotopic (exact) mass is 744 g/mol. The minimum absolute atomic E-state index is 0.0281. The number of nitrogens with zero attached hydrogens (tertiary/aromatic N) is 2. The molecule has 0 saturated carbocycles. The first-order chi connectivity index (χ1) is 26.8. The molecule has 55 heavy (non-hydrogen) atoms. The van der Waals surface area contributed by atoms with Gasteiger partial charge >= 0.3 is 0 Å². The minimum Gasteiger partial charge on any atom is -0.309 e. The van der Waals surface area contributed by atoms with Crippen LogP contribution in [-0.4, -0.2) is 4.57 Å². The van der Waals surface area contributed by atoms with E-state index >= 15 is 0 Å². The van der Waals surface area contributed by atoms with Crippen molar-refractivity contribution in [2.24, 2.45) is 0 Å². The second-order valence-corrected chi connectivity index (χ2v) is 17.7. The SMILES string of the molecule is C=Cc1c(C)sc2c(N(c3ccccc3-c3ccc4c(c3)c3cc(C(C)(C)C)ccc3n4-c3ccccc3)c3cccc4c3sc3ccccc34)cccc12. The number of benzene rings is 7. The van der Waals surface area contributed by atoms with Crippen molar-refractivity contribution in [2.75, 3.05) is 4.90 Å². The van der Waals surface area contributed by atoms with Gasteiger partial charge in [0.1, 0.15) is 0 Å². The topological polar surface area (TPSA) is 8.17 Å². The zero-order valence-electron chi connectivity index (χ0n) is 31.4. The first-order valence-electron chi connectivity index (χ1n) is 18.9. The maximum Gasteiger partial charge on any atom is 0.0641 e. The molecule has 0 bridgehead atoms. The quantitative estimate of drug-likeness (QED) is 0.165. The van der Waals surface area contributed by atoms with Crippen LogP contribution >= 0.6 is 22.7 Å². The van der Waals surface area contributed by atoms with Gasteiger partial charge in [-0.25, -0.2) is 0 Å². The summed E-state index contributed by atoms with van der Waals surface area (Å²) in [5, 5.41) is 6.35. The Labute approximate surface area is 329 Å². The minimum atomic E-state index is 0.0281. The van der Waals surface area contributed by atoms with Crippen molar-refractivity contribution in [1.82, 2.24) is 4.57 Å². The Morgan fingerprint density at radius 1 is 0.564 bits per heavy atom. The van der Waals surface area contributed by atoms with Gasteiger partial charge in [-0.15, -0.1) is 22.7 Å². The molecule has 10 rings (SSSR count). The fourth-order valence-corrected chi connectivity index (χ4v) is 10.8. The second kappa shape index (κ2) is 12.8. The van der Waals surface area contributed by atoms with Crippen molar-refractivity contribution in [3.8, 4) is 16.8 Å². The summed E-state index contributed by atoms with van der Waals surface area (Å²) in [6, 6.07) is 56.1. The first-order valence-corrected chi connectivity index (χ1v) is 20.5. The molecule has 0 aliphatic carbocycles. The summed E-state index contributed by atoms with van der Waals surface area (Å²) in [5.41, 5.74) is 12.0. The van der Waals surface area contributed by atoms with Gasteiger partial charge in [0.25, 0.3) is 0 Å². The third-order valence-electron chi connectivity index (χ3n) is 11.1. The van der Waals surface area contributed by atoms with Crippen LogP contribution in [-0.2, 0) is 5.41 Å². The highest BCUT2D eigenvalue weighted by atomic mass is 32.1. The van der Waals surface area contributed by atoms with Crippen LogP contribution in [0.3, 0.4) is 0 Å². The molecule has 0 unspecified atom stereocenters. The van der Waals surface area contributed by atoms with Gasteiger partial charge < -0.3 is 9.47 Å². The van der Waals surface area contributed by atoms with Gasteiger partial charge in [0, 0.05) is 47.8 Å². The van der Waals surface area contributed by atoms with Gasteiger partial charge in [-0.2, -0.15) is 0 Å². The number of aromatic nitrogens is 1. The molecule has 10 aromatic rings. The summed E-state index contributed by atoms with van der Waals surface area (Å²) in [6.45, 7) is 13.3. The van der Waals surface area contributed by atoms with E-state index in [2.05, 4.69) is 195 Å². The highest BCUT2D eigenvalue weighted by Gasteiger charge is 2.25. The van der Waals surface area contributed by atoms with Crippen LogP contribution < -0.4 is 4.90 Å². The first kappa shape index (κ1) is 33.6. The lowest BCUT2D eigenvalue weighted by Crippen LogP contribution is -2.11. The lowest BCUT2D eigenvalue weighted by Gasteiger charge is -2.29.